The summed E-state index contributed by atoms with van der Waals surface area (Å²) in [6.07, 6.45) is 3.09. The van der Waals surface area contributed by atoms with Crippen LogP contribution in [-0.2, 0) is 0 Å². The highest BCUT2D eigenvalue weighted by Gasteiger charge is 2.19. The van der Waals surface area contributed by atoms with Gasteiger partial charge >= 0.3 is 0 Å². The van der Waals surface area contributed by atoms with Gasteiger partial charge in [-0.2, -0.15) is 0 Å². The van der Waals surface area contributed by atoms with Gasteiger partial charge in [-0.25, -0.2) is 4.39 Å². The molecule has 0 spiro atoms. The van der Waals surface area contributed by atoms with Crippen LogP contribution in [0.3, 0.4) is 0 Å². The van der Waals surface area contributed by atoms with Crippen LogP contribution < -0.4 is 14.4 Å². The molecule has 0 aromatic heterocycles. The number of hydrogen-bond donors (Lipinski definition) is 0. The molecule has 0 aliphatic carbocycles. The average molecular weight is 398 g/mol. The predicted molar refractivity (Wildman–Crippen MR) is 114 cm³/mol. The third-order valence-electron chi connectivity index (χ3n) is 5.25. The molecule has 6 heteroatoms. The number of ketones is 1. The van der Waals surface area contributed by atoms with Crippen LogP contribution >= 0.6 is 0 Å². The van der Waals surface area contributed by atoms with Crippen LogP contribution in [0.1, 0.15) is 22.8 Å². The molecule has 0 unspecified atom stereocenters. The molecule has 5 nitrogen and oxygen atoms in total. The fourth-order valence-electron chi connectivity index (χ4n) is 3.44. The lowest BCUT2D eigenvalue weighted by Gasteiger charge is -2.35. The van der Waals surface area contributed by atoms with Crippen LogP contribution in [0.15, 0.2) is 42.5 Å². The first kappa shape index (κ1) is 20.9. The molecule has 29 heavy (non-hydrogen) atoms. The van der Waals surface area contributed by atoms with Crippen molar-refractivity contribution in [2.45, 2.75) is 6.92 Å². The zero-order valence-corrected chi connectivity index (χ0v) is 17.2. The first-order valence-corrected chi connectivity index (χ1v) is 9.77. The van der Waals surface area contributed by atoms with Gasteiger partial charge < -0.3 is 19.3 Å². The van der Waals surface area contributed by atoms with E-state index in [0.29, 0.717) is 22.7 Å². The summed E-state index contributed by atoms with van der Waals surface area (Å²) in [5, 5.41) is 0. The second kappa shape index (κ2) is 9.56. The number of anilines is 1. The molecule has 1 heterocycles. The molecule has 2 aromatic carbocycles. The van der Waals surface area contributed by atoms with E-state index in [4.69, 9.17) is 9.47 Å². The maximum Gasteiger partial charge on any atom is 0.185 e. The van der Waals surface area contributed by atoms with Crippen molar-refractivity contribution in [3.63, 3.8) is 0 Å². The van der Waals surface area contributed by atoms with Crippen molar-refractivity contribution in [2.75, 3.05) is 51.8 Å². The van der Waals surface area contributed by atoms with E-state index in [9.17, 15) is 9.18 Å². The maximum absolute atomic E-state index is 14.7. The van der Waals surface area contributed by atoms with E-state index < -0.39 is 0 Å². The normalized spacial score (nSPS) is 15.0. The summed E-state index contributed by atoms with van der Waals surface area (Å²) in [5.41, 5.74) is 1.62. The molecule has 1 aliphatic heterocycles. The van der Waals surface area contributed by atoms with Gasteiger partial charge in [0.1, 0.15) is 17.3 Å². The molecule has 0 bridgehead atoms. The van der Waals surface area contributed by atoms with Crippen molar-refractivity contribution < 1.29 is 18.7 Å². The molecule has 1 saturated heterocycles. The van der Waals surface area contributed by atoms with E-state index in [1.165, 1.54) is 12.1 Å². The van der Waals surface area contributed by atoms with Crippen molar-refractivity contribution in [1.82, 2.24) is 4.90 Å². The second-order valence-corrected chi connectivity index (χ2v) is 6.89. The zero-order valence-electron chi connectivity index (χ0n) is 17.2. The summed E-state index contributed by atoms with van der Waals surface area (Å²) in [4.78, 5) is 16.9. The van der Waals surface area contributed by atoms with Crippen LogP contribution in [0.4, 0.5) is 10.1 Å². The summed E-state index contributed by atoms with van der Waals surface area (Å²) >= 11 is 0. The molecule has 2 aromatic rings. The number of likely N-dealkylation sites (N-methyl/N-ethyl adjacent to an activating group) is 1. The minimum Gasteiger partial charge on any atom is -0.497 e. The molecule has 0 radical (unpaired) electrons. The van der Waals surface area contributed by atoms with Crippen LogP contribution in [-0.4, -0.2) is 57.6 Å². The number of methoxy groups -OCH3 is 2. The van der Waals surface area contributed by atoms with Crippen LogP contribution in [0, 0.1) is 5.82 Å². The molecule has 0 saturated carbocycles. The van der Waals surface area contributed by atoms with E-state index in [1.807, 2.05) is 4.90 Å². The summed E-state index contributed by atoms with van der Waals surface area (Å²) < 4.78 is 25.2. The smallest absolute Gasteiger partial charge is 0.185 e. The Hall–Kier alpha value is -2.86. The lowest BCUT2D eigenvalue weighted by atomic mass is 10.1. The van der Waals surface area contributed by atoms with Crippen molar-refractivity contribution >= 4 is 17.5 Å². The Morgan fingerprint density at radius 2 is 1.83 bits per heavy atom. The number of nitrogens with zero attached hydrogens (tertiary/aromatic N) is 2. The van der Waals surface area contributed by atoms with Gasteiger partial charge in [0, 0.05) is 43.4 Å². The lowest BCUT2D eigenvalue weighted by molar-refractivity contribution is 0.104. The predicted octanol–water partition coefficient (Wildman–Crippen LogP) is 3.88. The van der Waals surface area contributed by atoms with Gasteiger partial charge in [-0.1, -0.05) is 6.92 Å². The zero-order chi connectivity index (χ0) is 20.8. The fourth-order valence-corrected chi connectivity index (χ4v) is 3.44. The Labute approximate surface area is 171 Å². The van der Waals surface area contributed by atoms with Crippen LogP contribution in [0.25, 0.3) is 6.08 Å². The highest BCUT2D eigenvalue weighted by molar-refractivity contribution is 6.07. The molecule has 0 N–H and O–H groups in total. The Morgan fingerprint density at radius 1 is 1.07 bits per heavy atom. The van der Waals surface area contributed by atoms with Gasteiger partial charge in [0.05, 0.1) is 19.9 Å². The average Bonchev–Trinajstić information content (AvgIpc) is 2.77. The second-order valence-electron chi connectivity index (χ2n) is 6.89. The van der Waals surface area contributed by atoms with Crippen molar-refractivity contribution in [3.8, 4) is 11.5 Å². The van der Waals surface area contributed by atoms with Crippen LogP contribution in [0.5, 0.6) is 11.5 Å². The number of carbonyl (C=O) groups is 1. The van der Waals surface area contributed by atoms with Gasteiger partial charge in [0.15, 0.2) is 5.78 Å². The quantitative estimate of drug-likeness (QED) is 0.523. The number of halogens is 1. The number of piperazine rings is 1. The van der Waals surface area contributed by atoms with E-state index in [-0.39, 0.29) is 11.6 Å². The standard InChI is InChI=1S/C23H27FN2O3/c1-4-25-11-13-26(14-12-25)21-9-6-18(15-20(21)24)22(27)10-7-17-5-8-19(28-2)16-23(17)29-3/h5-10,15-16H,4,11-14H2,1-3H3. The third-order valence-corrected chi connectivity index (χ3v) is 5.25. The van der Waals surface area contributed by atoms with Gasteiger partial charge in [0.25, 0.3) is 0 Å². The third kappa shape index (κ3) is 4.95. The summed E-state index contributed by atoms with van der Waals surface area (Å²) in [7, 11) is 3.14. The summed E-state index contributed by atoms with van der Waals surface area (Å²) in [6, 6.07) is 10.0. The summed E-state index contributed by atoms with van der Waals surface area (Å²) in [5.74, 6) is 0.643. The molecule has 1 fully saturated rings. The maximum atomic E-state index is 14.7. The van der Waals surface area contributed by atoms with E-state index in [2.05, 4.69) is 11.8 Å². The lowest BCUT2D eigenvalue weighted by Crippen LogP contribution is -2.46. The Balaban J connectivity index is 1.72. The first-order chi connectivity index (χ1) is 14.0. The number of ether oxygens (including phenoxy) is 2. The van der Waals surface area contributed by atoms with Gasteiger partial charge in [0.2, 0.25) is 0 Å². The van der Waals surface area contributed by atoms with Crippen molar-refractivity contribution in [3.05, 3.63) is 59.4 Å². The number of carbonyl (C=O) groups excluding carboxylic acids is 1. The minimum absolute atomic E-state index is 0.260. The number of rotatable bonds is 7. The largest absolute Gasteiger partial charge is 0.497 e. The minimum atomic E-state index is -0.365. The van der Waals surface area contributed by atoms with E-state index in [1.54, 1.807) is 50.6 Å². The topological polar surface area (TPSA) is 42.0 Å². The molecule has 0 amide bonds. The Morgan fingerprint density at radius 3 is 2.45 bits per heavy atom. The number of hydrogen-bond acceptors (Lipinski definition) is 5. The first-order valence-electron chi connectivity index (χ1n) is 9.77. The molecule has 1 aliphatic rings. The monoisotopic (exact) mass is 398 g/mol. The molecule has 0 atom stereocenters. The van der Waals surface area contributed by atoms with Gasteiger partial charge in [-0.05, 0) is 49.0 Å². The van der Waals surface area contributed by atoms with Crippen molar-refractivity contribution in [2.24, 2.45) is 0 Å². The Bertz CT molecular complexity index is 890. The van der Waals surface area contributed by atoms with Gasteiger partial charge in [-0.15, -0.1) is 0 Å². The molecule has 154 valence electrons. The Kier molecular flexibility index (Phi) is 6.88. The SMILES string of the molecule is CCN1CCN(c2ccc(C(=O)C=Cc3ccc(OC)cc3OC)cc2F)CC1. The van der Waals surface area contributed by atoms with E-state index >= 15 is 0 Å². The highest BCUT2D eigenvalue weighted by atomic mass is 19.1. The molecule has 3 rings (SSSR count). The number of benzene rings is 2. The van der Waals surface area contributed by atoms with Crippen molar-refractivity contribution in [1.29, 1.82) is 0 Å². The molecular formula is C23H27FN2O3. The number of allylic oxidation sites excluding steroid dienone is 1. The summed E-state index contributed by atoms with van der Waals surface area (Å²) in [6.45, 7) is 6.55. The van der Waals surface area contributed by atoms with Gasteiger partial charge in [-0.3, -0.25) is 4.79 Å². The van der Waals surface area contributed by atoms with Crippen LogP contribution in [0.2, 0.25) is 0 Å². The fraction of sp³-hybridized carbons (Fsp3) is 0.348. The highest BCUT2D eigenvalue weighted by Crippen LogP contribution is 2.26. The van der Waals surface area contributed by atoms with E-state index in [0.717, 1.165) is 38.3 Å². The molecular weight excluding hydrogens is 371 g/mol.